The van der Waals surface area contributed by atoms with Gasteiger partial charge in [-0.15, -0.1) is 10.2 Å². The topological polar surface area (TPSA) is 55.9 Å². The Morgan fingerprint density at radius 1 is 1.21 bits per heavy atom. The van der Waals surface area contributed by atoms with E-state index < -0.39 is 0 Å². The van der Waals surface area contributed by atoms with Crippen LogP contribution in [-0.2, 0) is 13.6 Å². The van der Waals surface area contributed by atoms with E-state index in [9.17, 15) is 0 Å². The summed E-state index contributed by atoms with van der Waals surface area (Å²) < 4.78 is 6.92. The number of furan rings is 1. The quantitative estimate of drug-likeness (QED) is 0.777. The van der Waals surface area contributed by atoms with Crippen LogP contribution in [0.1, 0.15) is 5.56 Å². The van der Waals surface area contributed by atoms with Crippen LogP contribution in [-0.4, -0.2) is 14.8 Å². The Bertz CT molecular complexity index is 640. The van der Waals surface area contributed by atoms with Gasteiger partial charge in [-0.2, -0.15) is 0 Å². The summed E-state index contributed by atoms with van der Waals surface area (Å²) >= 11 is 0. The molecule has 3 rings (SSSR count). The Morgan fingerprint density at radius 3 is 2.68 bits per heavy atom. The molecule has 0 radical (unpaired) electrons. The maximum Gasteiger partial charge on any atom is 0.163 e. The summed E-state index contributed by atoms with van der Waals surface area (Å²) in [7, 11) is 1.93. The van der Waals surface area contributed by atoms with Crippen molar-refractivity contribution in [3.05, 3.63) is 54.7 Å². The molecule has 0 aliphatic rings. The average molecular weight is 254 g/mol. The maximum atomic E-state index is 5.03. The van der Waals surface area contributed by atoms with Crippen molar-refractivity contribution in [3.8, 4) is 11.4 Å². The standard InChI is InChI=1S/C14H14N4O/c1-18-10-16-17-14(18)12-2-4-13(5-3-12)15-8-11-6-7-19-9-11/h2-7,9-10,15H,8H2,1H3. The first-order chi connectivity index (χ1) is 9.33. The fraction of sp³-hybridized carbons (Fsp3) is 0.143. The maximum absolute atomic E-state index is 5.03. The van der Waals surface area contributed by atoms with Crippen LogP contribution >= 0.6 is 0 Å². The lowest BCUT2D eigenvalue weighted by Crippen LogP contribution is -1.98. The van der Waals surface area contributed by atoms with Crippen molar-refractivity contribution >= 4 is 5.69 Å². The Morgan fingerprint density at radius 2 is 2.05 bits per heavy atom. The number of anilines is 1. The van der Waals surface area contributed by atoms with Crippen LogP contribution in [0.15, 0.2) is 53.6 Å². The fourth-order valence-electron chi connectivity index (χ4n) is 1.88. The van der Waals surface area contributed by atoms with Gasteiger partial charge in [0.2, 0.25) is 0 Å². The van der Waals surface area contributed by atoms with E-state index in [1.807, 2.05) is 41.9 Å². The summed E-state index contributed by atoms with van der Waals surface area (Å²) in [4.78, 5) is 0. The number of nitrogens with one attached hydrogen (secondary N) is 1. The Balaban J connectivity index is 1.71. The van der Waals surface area contributed by atoms with Crippen molar-refractivity contribution < 1.29 is 4.42 Å². The highest BCUT2D eigenvalue weighted by Crippen LogP contribution is 2.19. The molecule has 1 N–H and O–H groups in total. The van der Waals surface area contributed by atoms with Gasteiger partial charge in [-0.25, -0.2) is 0 Å². The first kappa shape index (κ1) is 11.5. The second kappa shape index (κ2) is 4.97. The van der Waals surface area contributed by atoms with Crippen molar-refractivity contribution in [3.63, 3.8) is 0 Å². The summed E-state index contributed by atoms with van der Waals surface area (Å²) in [6, 6.07) is 10.1. The van der Waals surface area contributed by atoms with Crippen LogP contribution in [0.5, 0.6) is 0 Å². The van der Waals surface area contributed by atoms with E-state index >= 15 is 0 Å². The molecule has 0 saturated carbocycles. The normalized spacial score (nSPS) is 10.6. The van der Waals surface area contributed by atoms with E-state index in [4.69, 9.17) is 4.42 Å². The number of nitrogens with zero attached hydrogens (tertiary/aromatic N) is 3. The Kier molecular flexibility index (Phi) is 3.02. The molecule has 2 aromatic heterocycles. The van der Waals surface area contributed by atoms with Gasteiger partial charge in [-0.05, 0) is 30.3 Å². The molecule has 0 spiro atoms. The van der Waals surface area contributed by atoms with Gasteiger partial charge in [-0.1, -0.05) is 0 Å². The molecular weight excluding hydrogens is 240 g/mol. The molecular formula is C14H14N4O. The average Bonchev–Trinajstić information content (AvgIpc) is 3.08. The minimum Gasteiger partial charge on any atom is -0.472 e. The van der Waals surface area contributed by atoms with Crippen molar-refractivity contribution in [2.24, 2.45) is 7.05 Å². The zero-order chi connectivity index (χ0) is 13.1. The van der Waals surface area contributed by atoms with Gasteiger partial charge in [0.25, 0.3) is 0 Å². The Labute approximate surface area is 110 Å². The number of rotatable bonds is 4. The van der Waals surface area contributed by atoms with Crippen molar-refractivity contribution in [2.75, 3.05) is 5.32 Å². The van der Waals surface area contributed by atoms with Gasteiger partial charge in [0.05, 0.1) is 12.5 Å². The zero-order valence-corrected chi connectivity index (χ0v) is 10.6. The molecule has 19 heavy (non-hydrogen) atoms. The smallest absolute Gasteiger partial charge is 0.163 e. The molecule has 1 aromatic carbocycles. The lowest BCUT2D eigenvalue weighted by molar-refractivity contribution is 0.564. The molecule has 0 atom stereocenters. The highest BCUT2D eigenvalue weighted by molar-refractivity contribution is 5.59. The molecule has 0 fully saturated rings. The van der Waals surface area contributed by atoms with E-state index in [-0.39, 0.29) is 0 Å². The Hall–Kier alpha value is -2.56. The summed E-state index contributed by atoms with van der Waals surface area (Å²) in [5, 5.41) is 11.3. The molecule has 2 heterocycles. The van der Waals surface area contributed by atoms with E-state index in [2.05, 4.69) is 15.5 Å². The number of aromatic nitrogens is 3. The molecule has 0 saturated heterocycles. The second-order valence-electron chi connectivity index (χ2n) is 4.33. The minimum atomic E-state index is 0.750. The largest absolute Gasteiger partial charge is 0.472 e. The second-order valence-corrected chi connectivity index (χ2v) is 4.33. The summed E-state index contributed by atoms with van der Waals surface area (Å²) in [5.74, 6) is 0.862. The van der Waals surface area contributed by atoms with Gasteiger partial charge in [0, 0.05) is 30.4 Å². The van der Waals surface area contributed by atoms with Crippen LogP contribution in [0, 0.1) is 0 Å². The lowest BCUT2D eigenvalue weighted by Gasteiger charge is -2.06. The molecule has 0 unspecified atom stereocenters. The van der Waals surface area contributed by atoms with Crippen LogP contribution < -0.4 is 5.32 Å². The van der Waals surface area contributed by atoms with Crippen LogP contribution in [0.25, 0.3) is 11.4 Å². The number of hydrogen-bond donors (Lipinski definition) is 1. The van der Waals surface area contributed by atoms with Crippen molar-refractivity contribution in [1.82, 2.24) is 14.8 Å². The first-order valence-electron chi connectivity index (χ1n) is 6.02. The first-order valence-corrected chi connectivity index (χ1v) is 6.02. The predicted molar refractivity (Wildman–Crippen MR) is 72.5 cm³/mol. The van der Waals surface area contributed by atoms with Gasteiger partial charge >= 0.3 is 0 Å². The van der Waals surface area contributed by atoms with Crippen molar-refractivity contribution in [2.45, 2.75) is 6.54 Å². The SMILES string of the molecule is Cn1cnnc1-c1ccc(NCc2ccoc2)cc1. The molecule has 0 bridgehead atoms. The van der Waals surface area contributed by atoms with Crippen molar-refractivity contribution in [1.29, 1.82) is 0 Å². The minimum absolute atomic E-state index is 0.750. The molecule has 3 aromatic rings. The molecule has 0 amide bonds. The van der Waals surface area contributed by atoms with Gasteiger partial charge in [0.1, 0.15) is 6.33 Å². The summed E-state index contributed by atoms with van der Waals surface area (Å²) in [6.45, 7) is 0.750. The van der Waals surface area contributed by atoms with Gasteiger partial charge in [-0.3, -0.25) is 0 Å². The molecule has 5 heteroatoms. The molecule has 0 aliphatic carbocycles. The summed E-state index contributed by atoms with van der Waals surface area (Å²) in [6.07, 6.45) is 5.11. The van der Waals surface area contributed by atoms with E-state index in [1.165, 1.54) is 0 Å². The van der Waals surface area contributed by atoms with Crippen LogP contribution in [0.4, 0.5) is 5.69 Å². The van der Waals surface area contributed by atoms with Gasteiger partial charge < -0.3 is 14.3 Å². The third-order valence-electron chi connectivity index (χ3n) is 2.93. The van der Waals surface area contributed by atoms with E-state index in [0.29, 0.717) is 0 Å². The molecule has 96 valence electrons. The van der Waals surface area contributed by atoms with Crippen LogP contribution in [0.2, 0.25) is 0 Å². The van der Waals surface area contributed by atoms with E-state index in [1.54, 1.807) is 18.9 Å². The van der Waals surface area contributed by atoms with E-state index in [0.717, 1.165) is 29.2 Å². The number of hydrogen-bond acceptors (Lipinski definition) is 4. The third kappa shape index (κ3) is 2.49. The lowest BCUT2D eigenvalue weighted by atomic mass is 10.2. The predicted octanol–water partition coefficient (Wildman–Crippen LogP) is 2.69. The fourth-order valence-corrected chi connectivity index (χ4v) is 1.88. The molecule has 0 aliphatic heterocycles. The van der Waals surface area contributed by atoms with Gasteiger partial charge in [0.15, 0.2) is 5.82 Å². The third-order valence-corrected chi connectivity index (χ3v) is 2.93. The molecule has 5 nitrogen and oxygen atoms in total. The highest BCUT2D eigenvalue weighted by Gasteiger charge is 2.04. The monoisotopic (exact) mass is 254 g/mol. The number of benzene rings is 1. The van der Waals surface area contributed by atoms with Crippen LogP contribution in [0.3, 0.4) is 0 Å². The zero-order valence-electron chi connectivity index (χ0n) is 10.6. The summed E-state index contributed by atoms with van der Waals surface area (Å²) in [5.41, 5.74) is 3.23. The highest BCUT2D eigenvalue weighted by atomic mass is 16.3. The number of aryl methyl sites for hydroxylation is 1.